The molecule has 19 heavy (non-hydrogen) atoms. The van der Waals surface area contributed by atoms with Crippen LogP contribution in [0.5, 0.6) is 0 Å². The molecule has 0 rings (SSSR count). The van der Waals surface area contributed by atoms with Crippen molar-refractivity contribution in [3.63, 3.8) is 0 Å². The average molecular weight is 275 g/mol. The Morgan fingerprint density at radius 3 is 2.42 bits per heavy atom. The van der Waals surface area contributed by atoms with Crippen molar-refractivity contribution in [3.05, 3.63) is 0 Å². The number of nitrogens with one attached hydrogen (secondary N) is 2. The molecule has 8 nitrogen and oxygen atoms in total. The molecule has 8 heteroatoms. The fourth-order valence-corrected chi connectivity index (χ4v) is 1.33. The second-order valence-corrected chi connectivity index (χ2v) is 3.97. The third-order valence-corrected chi connectivity index (χ3v) is 2.37. The maximum atomic E-state index is 11.7. The summed E-state index contributed by atoms with van der Waals surface area (Å²) in [6.07, 6.45) is -0.887. The van der Waals surface area contributed by atoms with Gasteiger partial charge in [0.2, 0.25) is 5.91 Å². The highest BCUT2D eigenvalue weighted by atomic mass is 16.4. The number of nitrogens with zero attached hydrogens (tertiary/aromatic N) is 1. The van der Waals surface area contributed by atoms with Crippen molar-refractivity contribution in [2.24, 2.45) is 0 Å². The molecular weight excluding hydrogens is 254 g/mol. The van der Waals surface area contributed by atoms with E-state index in [-0.39, 0.29) is 25.4 Å². The van der Waals surface area contributed by atoms with Crippen molar-refractivity contribution in [2.45, 2.75) is 25.9 Å². The minimum atomic E-state index is -1.50. The summed E-state index contributed by atoms with van der Waals surface area (Å²) in [5.74, 6) is -1.61. The van der Waals surface area contributed by atoms with Crippen molar-refractivity contribution >= 4 is 17.9 Å². The van der Waals surface area contributed by atoms with Gasteiger partial charge < -0.3 is 25.7 Å². The Balaban J connectivity index is 4.17. The second-order valence-electron chi connectivity index (χ2n) is 3.97. The predicted molar refractivity (Wildman–Crippen MR) is 67.6 cm³/mol. The quantitative estimate of drug-likeness (QED) is 0.452. The summed E-state index contributed by atoms with van der Waals surface area (Å²) in [5, 5.41) is 22.4. The number of carboxylic acids is 1. The number of aliphatic hydroxyl groups is 1. The van der Waals surface area contributed by atoms with Gasteiger partial charge in [0.15, 0.2) is 6.10 Å². The number of carbonyl (C=O) groups is 3. The fourth-order valence-electron chi connectivity index (χ4n) is 1.33. The van der Waals surface area contributed by atoms with E-state index in [1.54, 1.807) is 0 Å². The third kappa shape index (κ3) is 7.24. The monoisotopic (exact) mass is 275 g/mol. The van der Waals surface area contributed by atoms with Crippen LogP contribution in [0.2, 0.25) is 0 Å². The van der Waals surface area contributed by atoms with Gasteiger partial charge in [0.1, 0.15) is 6.54 Å². The molecule has 0 heterocycles. The van der Waals surface area contributed by atoms with E-state index in [0.717, 1.165) is 0 Å². The number of aliphatic hydroxyl groups excluding tert-OH is 1. The summed E-state index contributed by atoms with van der Waals surface area (Å²) in [6, 6.07) is -0.456. The molecule has 0 aromatic carbocycles. The average Bonchev–Trinajstić information content (AvgIpc) is 2.37. The Kier molecular flexibility index (Phi) is 8.27. The molecule has 0 fully saturated rings. The number of hydrogen-bond acceptors (Lipinski definition) is 4. The number of urea groups is 1. The van der Waals surface area contributed by atoms with Crippen LogP contribution in [-0.4, -0.2) is 65.8 Å². The van der Waals surface area contributed by atoms with Crippen LogP contribution in [0.3, 0.4) is 0 Å². The van der Waals surface area contributed by atoms with Crippen molar-refractivity contribution < 1.29 is 24.6 Å². The van der Waals surface area contributed by atoms with Gasteiger partial charge in [0.25, 0.3) is 0 Å². The van der Waals surface area contributed by atoms with E-state index in [2.05, 4.69) is 10.6 Å². The zero-order valence-corrected chi connectivity index (χ0v) is 11.2. The molecular formula is C11H21N3O5. The number of amides is 3. The normalized spacial score (nSPS) is 11.5. The molecule has 0 aromatic rings. The summed E-state index contributed by atoms with van der Waals surface area (Å²) in [5.41, 5.74) is 0. The minimum absolute atomic E-state index is 0.0280. The number of carboxylic acid groups (broad SMARTS) is 1. The maximum Gasteiger partial charge on any atom is 0.332 e. The Labute approximate surface area is 111 Å². The van der Waals surface area contributed by atoms with Gasteiger partial charge in [-0.3, -0.25) is 4.79 Å². The number of rotatable bonds is 8. The van der Waals surface area contributed by atoms with Crippen molar-refractivity contribution in [1.29, 1.82) is 0 Å². The summed E-state index contributed by atoms with van der Waals surface area (Å²) in [4.78, 5) is 34.7. The number of hydrogen-bond donors (Lipinski definition) is 4. The lowest BCUT2D eigenvalue weighted by atomic mass is 10.2. The number of aliphatic carboxylic acids is 1. The third-order valence-electron chi connectivity index (χ3n) is 2.37. The van der Waals surface area contributed by atoms with E-state index in [9.17, 15) is 14.4 Å². The first kappa shape index (κ1) is 17.2. The van der Waals surface area contributed by atoms with Crippen LogP contribution in [0.25, 0.3) is 0 Å². The zero-order chi connectivity index (χ0) is 14.8. The Morgan fingerprint density at radius 2 is 1.95 bits per heavy atom. The van der Waals surface area contributed by atoms with E-state index >= 15 is 0 Å². The molecule has 110 valence electrons. The summed E-state index contributed by atoms with van der Waals surface area (Å²) in [7, 11) is 1.48. The van der Waals surface area contributed by atoms with E-state index in [4.69, 9.17) is 10.2 Å². The molecule has 0 aliphatic heterocycles. The second kappa shape index (κ2) is 9.15. The van der Waals surface area contributed by atoms with Crippen LogP contribution in [0, 0.1) is 0 Å². The van der Waals surface area contributed by atoms with Gasteiger partial charge in [-0.15, -0.1) is 0 Å². The van der Waals surface area contributed by atoms with Gasteiger partial charge >= 0.3 is 12.0 Å². The molecule has 0 aromatic heterocycles. The highest BCUT2D eigenvalue weighted by Crippen LogP contribution is 1.94. The molecule has 0 aliphatic rings. The smallest absolute Gasteiger partial charge is 0.332 e. The summed E-state index contributed by atoms with van der Waals surface area (Å²) in [6.45, 7) is 2.26. The lowest BCUT2D eigenvalue weighted by Crippen LogP contribution is -2.46. The van der Waals surface area contributed by atoms with Crippen molar-refractivity contribution in [2.75, 3.05) is 26.7 Å². The number of carbonyl (C=O) groups excluding carboxylic acids is 2. The van der Waals surface area contributed by atoms with Crippen LogP contribution in [0.4, 0.5) is 4.79 Å². The van der Waals surface area contributed by atoms with Crippen LogP contribution in [0.15, 0.2) is 0 Å². The first-order valence-electron chi connectivity index (χ1n) is 6.06. The van der Waals surface area contributed by atoms with Crippen LogP contribution in [-0.2, 0) is 9.59 Å². The van der Waals surface area contributed by atoms with Crippen LogP contribution >= 0.6 is 0 Å². The SMILES string of the molecule is CCCN(CC(=O)NC)C(=O)NCC[C@H](O)C(=O)O. The van der Waals surface area contributed by atoms with Crippen LogP contribution < -0.4 is 10.6 Å². The van der Waals surface area contributed by atoms with Gasteiger partial charge in [0, 0.05) is 26.6 Å². The lowest BCUT2D eigenvalue weighted by molar-refractivity contribution is -0.146. The van der Waals surface area contributed by atoms with Crippen LogP contribution in [0.1, 0.15) is 19.8 Å². The van der Waals surface area contributed by atoms with Crippen molar-refractivity contribution in [3.8, 4) is 0 Å². The molecule has 0 spiro atoms. The first-order valence-corrected chi connectivity index (χ1v) is 6.06. The molecule has 4 N–H and O–H groups in total. The Morgan fingerprint density at radius 1 is 1.32 bits per heavy atom. The molecule has 1 atom stereocenters. The molecule has 3 amide bonds. The fraction of sp³-hybridized carbons (Fsp3) is 0.727. The van der Waals surface area contributed by atoms with E-state index < -0.39 is 18.1 Å². The van der Waals surface area contributed by atoms with E-state index in [1.807, 2.05) is 6.92 Å². The van der Waals surface area contributed by atoms with E-state index in [1.165, 1.54) is 11.9 Å². The van der Waals surface area contributed by atoms with E-state index in [0.29, 0.717) is 13.0 Å². The lowest BCUT2D eigenvalue weighted by Gasteiger charge is -2.21. The van der Waals surface area contributed by atoms with Gasteiger partial charge in [-0.05, 0) is 6.42 Å². The summed E-state index contributed by atoms with van der Waals surface area (Å²) < 4.78 is 0. The largest absolute Gasteiger partial charge is 0.479 e. The molecule has 0 aliphatic carbocycles. The zero-order valence-electron chi connectivity index (χ0n) is 11.2. The number of likely N-dealkylation sites (N-methyl/N-ethyl adjacent to an activating group) is 1. The highest BCUT2D eigenvalue weighted by Gasteiger charge is 2.17. The van der Waals surface area contributed by atoms with Crippen molar-refractivity contribution in [1.82, 2.24) is 15.5 Å². The van der Waals surface area contributed by atoms with Gasteiger partial charge in [0.05, 0.1) is 0 Å². The molecule has 0 radical (unpaired) electrons. The summed E-state index contributed by atoms with van der Waals surface area (Å²) >= 11 is 0. The maximum absolute atomic E-state index is 11.7. The predicted octanol–water partition coefficient (Wildman–Crippen LogP) is -1.01. The molecule has 0 saturated carbocycles. The Bertz CT molecular complexity index is 321. The topological polar surface area (TPSA) is 119 Å². The molecule has 0 unspecified atom stereocenters. The standard InChI is InChI=1S/C11H21N3O5/c1-3-6-14(7-9(16)12-2)11(19)13-5-4-8(15)10(17)18/h8,15H,3-7H2,1-2H3,(H,12,16)(H,13,19)(H,17,18)/t8-/m0/s1. The first-order chi connectivity index (χ1) is 8.92. The van der Waals surface area contributed by atoms with Gasteiger partial charge in [-0.25, -0.2) is 9.59 Å². The Hall–Kier alpha value is -1.83. The highest BCUT2D eigenvalue weighted by molar-refractivity contribution is 5.83. The minimum Gasteiger partial charge on any atom is -0.479 e. The van der Waals surface area contributed by atoms with Gasteiger partial charge in [-0.2, -0.15) is 0 Å². The molecule has 0 bridgehead atoms. The molecule has 0 saturated heterocycles. The van der Waals surface area contributed by atoms with Gasteiger partial charge in [-0.1, -0.05) is 6.92 Å².